The van der Waals surface area contributed by atoms with Gasteiger partial charge in [0.05, 0.1) is 34.5 Å². The van der Waals surface area contributed by atoms with Crippen LogP contribution in [0.2, 0.25) is 0 Å². The predicted molar refractivity (Wildman–Crippen MR) is 140 cm³/mol. The van der Waals surface area contributed by atoms with Crippen LogP contribution in [0.1, 0.15) is 18.7 Å². The molecule has 0 aliphatic carbocycles. The summed E-state index contributed by atoms with van der Waals surface area (Å²) < 4.78 is 65.9. The maximum atomic E-state index is 15.0. The zero-order chi connectivity index (χ0) is 28.7. The lowest BCUT2D eigenvalue weighted by Gasteiger charge is -2.48. The number of halogens is 4. The van der Waals surface area contributed by atoms with Gasteiger partial charge < -0.3 is 34.9 Å². The van der Waals surface area contributed by atoms with E-state index in [1.165, 1.54) is 7.11 Å². The Bertz CT molecular complexity index is 1370. The van der Waals surface area contributed by atoms with Crippen LogP contribution in [-0.2, 0) is 16.0 Å². The van der Waals surface area contributed by atoms with Crippen LogP contribution in [0.5, 0.6) is 0 Å². The van der Waals surface area contributed by atoms with Crippen LogP contribution in [0.4, 0.5) is 23.2 Å². The molecule has 0 radical (unpaired) electrons. The number of hydroxylamine groups is 3. The first kappa shape index (κ1) is 29.0. The van der Waals surface area contributed by atoms with Crippen molar-refractivity contribution in [2.24, 2.45) is 0 Å². The summed E-state index contributed by atoms with van der Waals surface area (Å²) in [5.74, 6) is -0.136. The second-order valence-corrected chi connectivity index (χ2v) is 11.9. The SMILES string of the molecule is CO[C@H]1CC(Cc2nc(-c3sc4c(N[C@@H]5CC[N+]([O-])(CCO)C[C@@H]5F)cccc4c3SC(F)(F)F)no2)NC1=O. The number of aromatic nitrogens is 2. The molecule has 3 aromatic rings. The van der Waals surface area contributed by atoms with Crippen LogP contribution in [-0.4, -0.2) is 89.0 Å². The number of aliphatic hydroxyl groups excluding tert-OH is 1. The Labute approximate surface area is 234 Å². The number of quaternary nitrogens is 1. The van der Waals surface area contributed by atoms with Crippen LogP contribution < -0.4 is 10.6 Å². The molecule has 5 atom stereocenters. The number of nitrogens with zero attached hydrogens (tertiary/aromatic N) is 3. The van der Waals surface area contributed by atoms with Crippen molar-refractivity contribution in [1.82, 2.24) is 15.5 Å². The van der Waals surface area contributed by atoms with E-state index in [1.54, 1.807) is 18.2 Å². The van der Waals surface area contributed by atoms with Gasteiger partial charge in [-0.05, 0) is 17.8 Å². The fourth-order valence-corrected chi connectivity index (χ4v) is 7.22. The van der Waals surface area contributed by atoms with Crippen LogP contribution in [0.15, 0.2) is 27.6 Å². The van der Waals surface area contributed by atoms with E-state index >= 15 is 0 Å². The molecule has 16 heteroatoms. The molecule has 3 N–H and O–H groups in total. The van der Waals surface area contributed by atoms with Gasteiger partial charge in [-0.1, -0.05) is 17.3 Å². The highest BCUT2D eigenvalue weighted by molar-refractivity contribution is 8.00. The lowest BCUT2D eigenvalue weighted by atomic mass is 10.0. The Morgan fingerprint density at radius 1 is 1.40 bits per heavy atom. The third kappa shape index (κ3) is 6.21. The molecular formula is C24H27F4N5O5S2. The molecule has 2 aliphatic rings. The summed E-state index contributed by atoms with van der Waals surface area (Å²) >= 11 is 0.734. The monoisotopic (exact) mass is 605 g/mol. The van der Waals surface area contributed by atoms with E-state index in [0.29, 0.717) is 22.2 Å². The third-order valence-electron chi connectivity index (χ3n) is 7.04. The van der Waals surface area contributed by atoms with E-state index in [0.717, 1.165) is 11.3 Å². The maximum Gasteiger partial charge on any atom is 0.446 e. The van der Waals surface area contributed by atoms with Crippen LogP contribution >= 0.6 is 23.1 Å². The van der Waals surface area contributed by atoms with Crippen LogP contribution in [0, 0.1) is 5.21 Å². The van der Waals surface area contributed by atoms with E-state index in [1.807, 2.05) is 0 Å². The Morgan fingerprint density at radius 3 is 2.88 bits per heavy atom. The van der Waals surface area contributed by atoms with E-state index in [9.17, 15) is 27.6 Å². The summed E-state index contributed by atoms with van der Waals surface area (Å²) in [6.07, 6.45) is -1.33. The molecule has 10 nitrogen and oxygen atoms in total. The van der Waals surface area contributed by atoms with Crippen molar-refractivity contribution in [3.05, 3.63) is 29.3 Å². The third-order valence-corrected chi connectivity index (χ3v) is 9.27. The van der Waals surface area contributed by atoms with Crippen molar-refractivity contribution in [2.45, 2.75) is 54.0 Å². The average Bonchev–Trinajstić information content (AvgIpc) is 3.58. The number of fused-ring (bicyclic) bond motifs is 1. The van der Waals surface area contributed by atoms with Crippen molar-refractivity contribution < 1.29 is 41.4 Å². The molecule has 2 unspecified atom stereocenters. The minimum Gasteiger partial charge on any atom is -0.633 e. The minimum atomic E-state index is -4.60. The van der Waals surface area contributed by atoms with Gasteiger partial charge in [0.1, 0.15) is 19.2 Å². The van der Waals surface area contributed by atoms with Crippen molar-refractivity contribution in [1.29, 1.82) is 0 Å². The number of thiophene rings is 1. The molecule has 2 fully saturated rings. The molecular weight excluding hydrogens is 578 g/mol. The van der Waals surface area contributed by atoms with E-state index in [4.69, 9.17) is 14.4 Å². The molecule has 1 amide bonds. The molecule has 1 aromatic carbocycles. The van der Waals surface area contributed by atoms with E-state index in [-0.39, 0.29) is 84.3 Å². The fourth-order valence-electron chi connectivity index (χ4n) is 5.11. The number of rotatable bonds is 9. The lowest BCUT2D eigenvalue weighted by Crippen LogP contribution is -2.57. The average molecular weight is 606 g/mol. The van der Waals surface area contributed by atoms with Gasteiger partial charge >= 0.3 is 5.51 Å². The molecule has 0 spiro atoms. The lowest BCUT2D eigenvalue weighted by molar-refractivity contribution is -0.888. The number of hydrogen-bond donors (Lipinski definition) is 3. The van der Waals surface area contributed by atoms with Gasteiger partial charge in [0.2, 0.25) is 17.6 Å². The smallest absolute Gasteiger partial charge is 0.446 e. The number of benzene rings is 1. The number of hydrogen-bond acceptors (Lipinski definition) is 10. The Morgan fingerprint density at radius 2 is 2.20 bits per heavy atom. The number of aliphatic hydroxyl groups is 1. The van der Waals surface area contributed by atoms with Crippen LogP contribution in [0.3, 0.4) is 0 Å². The second-order valence-electron chi connectivity index (χ2n) is 9.84. The fraction of sp³-hybridized carbons (Fsp3) is 0.542. The molecule has 2 aromatic heterocycles. The van der Waals surface area contributed by atoms with Gasteiger partial charge in [0.25, 0.3) is 0 Å². The molecule has 218 valence electrons. The quantitative estimate of drug-likeness (QED) is 0.144. The Balaban J connectivity index is 1.43. The number of piperidine rings is 1. The number of anilines is 1. The standard InChI is InChI=1S/C24H27F4N5O5S2/c1-37-17-9-12(29-23(17)35)10-18-31-22(32-38-18)21-20(40-24(26,27)28)13-3-2-4-16(19(13)39-21)30-15-5-6-33(36,7-8-34)11-14(15)25/h2-4,12,14-15,17,30,34H,5-11H2,1H3,(H,29,35)/t12?,14-,15+,17-,33?/m0/s1. The van der Waals surface area contributed by atoms with Gasteiger partial charge in [0, 0.05) is 42.7 Å². The predicted octanol–water partition coefficient (Wildman–Crippen LogP) is 3.84. The van der Waals surface area contributed by atoms with Crippen molar-refractivity contribution in [3.8, 4) is 10.7 Å². The molecule has 5 rings (SSSR count). The molecule has 4 heterocycles. The van der Waals surface area contributed by atoms with Gasteiger partial charge in [-0.15, -0.1) is 11.3 Å². The largest absolute Gasteiger partial charge is 0.633 e. The van der Waals surface area contributed by atoms with E-state index < -0.39 is 28.5 Å². The zero-order valence-electron chi connectivity index (χ0n) is 21.2. The summed E-state index contributed by atoms with van der Waals surface area (Å²) in [7, 11) is 1.43. The summed E-state index contributed by atoms with van der Waals surface area (Å²) in [5, 5.41) is 31.8. The summed E-state index contributed by atoms with van der Waals surface area (Å²) in [6, 6.07) is 3.73. The van der Waals surface area contributed by atoms with E-state index in [2.05, 4.69) is 20.8 Å². The van der Waals surface area contributed by atoms with Crippen LogP contribution in [0.25, 0.3) is 20.8 Å². The number of ether oxygens (including phenoxy) is 1. The minimum absolute atomic E-state index is 0.0278. The first-order chi connectivity index (χ1) is 19.0. The number of thioether (sulfide) groups is 1. The number of nitrogens with one attached hydrogen (secondary N) is 2. The van der Waals surface area contributed by atoms with Crippen molar-refractivity contribution >= 4 is 44.8 Å². The number of amides is 1. The van der Waals surface area contributed by atoms with Crippen molar-refractivity contribution in [2.75, 3.05) is 38.7 Å². The molecule has 0 bridgehead atoms. The number of likely N-dealkylation sites (tertiary alicyclic amines) is 1. The normalized spacial score (nSPS) is 27.3. The summed E-state index contributed by atoms with van der Waals surface area (Å²) in [5.41, 5.74) is -4.17. The van der Waals surface area contributed by atoms with Gasteiger partial charge in [-0.2, -0.15) is 18.2 Å². The summed E-state index contributed by atoms with van der Waals surface area (Å²) in [4.78, 5) is 16.3. The first-order valence-corrected chi connectivity index (χ1v) is 14.2. The highest BCUT2D eigenvalue weighted by Gasteiger charge is 2.38. The topological polar surface area (TPSA) is 133 Å². The van der Waals surface area contributed by atoms with Gasteiger partial charge in [0.15, 0.2) is 6.17 Å². The maximum absolute atomic E-state index is 15.0. The van der Waals surface area contributed by atoms with Gasteiger partial charge in [-0.25, -0.2) is 4.39 Å². The molecule has 2 aliphatic heterocycles. The molecule has 2 saturated heterocycles. The Hall–Kier alpha value is -2.50. The van der Waals surface area contributed by atoms with Crippen molar-refractivity contribution in [3.63, 3.8) is 0 Å². The highest BCUT2D eigenvalue weighted by Crippen LogP contribution is 2.50. The van der Waals surface area contributed by atoms with Gasteiger partial charge in [-0.3, -0.25) is 4.79 Å². The molecule has 40 heavy (non-hydrogen) atoms. The zero-order valence-corrected chi connectivity index (χ0v) is 22.9. The number of carbonyl (C=O) groups excluding carboxylic acids is 1. The number of methoxy groups -OCH3 is 1. The number of alkyl halides is 4. The Kier molecular flexibility index (Phi) is 8.27. The number of carbonyl (C=O) groups is 1. The molecule has 0 saturated carbocycles. The highest BCUT2D eigenvalue weighted by atomic mass is 32.2. The summed E-state index contributed by atoms with van der Waals surface area (Å²) in [6.45, 7) is -0.650. The first-order valence-electron chi connectivity index (χ1n) is 12.5. The second kappa shape index (κ2) is 11.4.